The summed E-state index contributed by atoms with van der Waals surface area (Å²) >= 11 is 0. The quantitative estimate of drug-likeness (QED) is 0.0431. The van der Waals surface area contributed by atoms with Crippen molar-refractivity contribution in [3.8, 4) is 0 Å². The van der Waals surface area contributed by atoms with Crippen LogP contribution in [0.25, 0.3) is 0 Å². The first-order chi connectivity index (χ1) is 33.2. The van der Waals surface area contributed by atoms with Crippen molar-refractivity contribution in [2.75, 3.05) is 6.54 Å². The van der Waals surface area contributed by atoms with Gasteiger partial charge in [0.1, 0.15) is 40.9 Å². The molecule has 0 aliphatic rings. The second kappa shape index (κ2) is 26.3. The molecule has 0 fully saturated rings. The molecule has 0 saturated heterocycles. The molecule has 0 heterocycles. The number of rotatable bonds is 25. The number of amides is 6. The Morgan fingerprint density at radius 3 is 1.44 bits per heavy atom. The first-order valence-electron chi connectivity index (χ1n) is 22.8. The van der Waals surface area contributed by atoms with Gasteiger partial charge in [-0.05, 0) is 78.0 Å². The molecule has 0 unspecified atom stereocenters. The molecule has 384 valence electrons. The standard InChI is InChI=1S/C50H65N7O14/c1-30(53-39(59)29-52-44(65)34(51)27-38(58)57-50(31-17-11-8-12-18-31,32-19-13-9-14-20-32)33-21-15-10-16-22-33)43(64)54-35(24-26-41(62)70-48(2,3)4)45(66)56-37(28-42(63)71-49(5,6)7)46(67)55-36(47(68)69)23-25-40(60)61/h8-22,30,34-37H,23-29,51H2,1-7H3,(H,52,65)(H,53,59)(H,54,64)(H,55,67)(H,56,66)(H,57,58)(H,60,61)(H,68,69)/t30-,34-,35-,36-,37-/m0/s1. The zero-order valence-electron chi connectivity index (χ0n) is 40.9. The van der Waals surface area contributed by atoms with Crippen LogP contribution in [0.15, 0.2) is 91.0 Å². The van der Waals surface area contributed by atoms with Crippen LogP contribution in [0, 0.1) is 0 Å². The Kier molecular flexibility index (Phi) is 21.4. The molecular weight excluding hydrogens is 923 g/mol. The third-order valence-electron chi connectivity index (χ3n) is 10.3. The van der Waals surface area contributed by atoms with Gasteiger partial charge in [-0.25, -0.2) is 4.79 Å². The van der Waals surface area contributed by atoms with Crippen LogP contribution < -0.4 is 37.6 Å². The van der Waals surface area contributed by atoms with Gasteiger partial charge in [-0.3, -0.25) is 43.2 Å². The maximum atomic E-state index is 13.9. The van der Waals surface area contributed by atoms with E-state index in [1.54, 1.807) is 20.8 Å². The number of hydrogen-bond acceptors (Lipinski definition) is 13. The summed E-state index contributed by atoms with van der Waals surface area (Å²) in [5.41, 5.74) is 5.23. The minimum absolute atomic E-state index is 0.436. The second-order valence-corrected chi connectivity index (χ2v) is 18.6. The van der Waals surface area contributed by atoms with E-state index in [2.05, 4.69) is 31.9 Å². The number of esters is 2. The van der Waals surface area contributed by atoms with Gasteiger partial charge in [0, 0.05) is 12.8 Å². The molecule has 0 spiro atoms. The van der Waals surface area contributed by atoms with Crippen molar-refractivity contribution in [3.63, 3.8) is 0 Å². The monoisotopic (exact) mass is 987 g/mol. The molecule has 0 saturated carbocycles. The van der Waals surface area contributed by atoms with Gasteiger partial charge in [0.2, 0.25) is 35.4 Å². The summed E-state index contributed by atoms with van der Waals surface area (Å²) in [6.07, 6.45) is -3.41. The predicted molar refractivity (Wildman–Crippen MR) is 256 cm³/mol. The fourth-order valence-electron chi connectivity index (χ4n) is 7.04. The Balaban J connectivity index is 1.74. The third kappa shape index (κ3) is 19.3. The van der Waals surface area contributed by atoms with Gasteiger partial charge in [-0.2, -0.15) is 0 Å². The highest BCUT2D eigenvalue weighted by Crippen LogP contribution is 2.37. The van der Waals surface area contributed by atoms with Gasteiger partial charge in [-0.1, -0.05) is 91.0 Å². The molecule has 3 aromatic rings. The maximum absolute atomic E-state index is 13.9. The molecule has 0 aliphatic carbocycles. The Morgan fingerprint density at radius 1 is 0.535 bits per heavy atom. The number of carbonyl (C=O) groups is 10. The summed E-state index contributed by atoms with van der Waals surface area (Å²) in [7, 11) is 0. The number of ether oxygens (including phenoxy) is 2. The summed E-state index contributed by atoms with van der Waals surface area (Å²) in [6.45, 7) is 9.96. The Morgan fingerprint density at radius 2 is 0.972 bits per heavy atom. The first kappa shape index (κ1) is 57.6. The normalized spacial score (nSPS) is 13.6. The predicted octanol–water partition coefficient (Wildman–Crippen LogP) is 1.69. The van der Waals surface area contributed by atoms with E-state index in [1.807, 2.05) is 91.0 Å². The van der Waals surface area contributed by atoms with Crippen LogP contribution in [0.5, 0.6) is 0 Å². The zero-order valence-corrected chi connectivity index (χ0v) is 40.9. The minimum Gasteiger partial charge on any atom is -0.481 e. The van der Waals surface area contributed by atoms with Crippen molar-refractivity contribution in [3.05, 3.63) is 108 Å². The average Bonchev–Trinajstić information content (AvgIpc) is 3.29. The number of carbonyl (C=O) groups excluding carboxylic acids is 8. The van der Waals surface area contributed by atoms with E-state index in [1.165, 1.54) is 27.7 Å². The average molecular weight is 988 g/mol. The van der Waals surface area contributed by atoms with Crippen LogP contribution in [0.3, 0.4) is 0 Å². The van der Waals surface area contributed by atoms with Gasteiger partial charge >= 0.3 is 23.9 Å². The first-order valence-corrected chi connectivity index (χ1v) is 22.8. The smallest absolute Gasteiger partial charge is 0.326 e. The highest BCUT2D eigenvalue weighted by Gasteiger charge is 2.39. The zero-order chi connectivity index (χ0) is 53.1. The fourth-order valence-corrected chi connectivity index (χ4v) is 7.04. The number of aliphatic carboxylic acids is 2. The van der Waals surface area contributed by atoms with E-state index >= 15 is 0 Å². The summed E-state index contributed by atoms with van der Waals surface area (Å²) < 4.78 is 10.6. The van der Waals surface area contributed by atoms with Crippen LogP contribution in [0.1, 0.15) is 104 Å². The lowest BCUT2D eigenvalue weighted by Crippen LogP contribution is -2.58. The minimum atomic E-state index is -1.83. The van der Waals surface area contributed by atoms with Crippen molar-refractivity contribution < 1.29 is 67.6 Å². The maximum Gasteiger partial charge on any atom is 0.326 e. The molecule has 0 aliphatic heterocycles. The van der Waals surface area contributed by atoms with Crippen molar-refractivity contribution in [1.29, 1.82) is 0 Å². The molecule has 71 heavy (non-hydrogen) atoms. The number of hydrogen-bond donors (Lipinski definition) is 9. The molecule has 10 N–H and O–H groups in total. The van der Waals surface area contributed by atoms with E-state index in [-0.39, 0.29) is 0 Å². The third-order valence-corrected chi connectivity index (χ3v) is 10.3. The molecule has 3 rings (SSSR count). The molecule has 3 aromatic carbocycles. The van der Waals surface area contributed by atoms with Crippen molar-refractivity contribution >= 4 is 59.3 Å². The number of benzene rings is 3. The van der Waals surface area contributed by atoms with E-state index in [0.717, 1.165) is 16.7 Å². The van der Waals surface area contributed by atoms with Crippen LogP contribution in [-0.2, 0) is 63.0 Å². The van der Waals surface area contributed by atoms with Crippen LogP contribution in [-0.4, -0.2) is 117 Å². The lowest BCUT2D eigenvalue weighted by molar-refractivity contribution is -0.157. The molecule has 21 heteroatoms. The van der Waals surface area contributed by atoms with Gasteiger partial charge in [0.05, 0.1) is 25.4 Å². The summed E-state index contributed by atoms with van der Waals surface area (Å²) in [6, 6.07) is 19.7. The lowest BCUT2D eigenvalue weighted by atomic mass is 9.77. The Bertz CT molecular complexity index is 2260. The molecular formula is C50H65N7O14. The van der Waals surface area contributed by atoms with Crippen molar-refractivity contribution in [2.24, 2.45) is 5.73 Å². The molecule has 0 bridgehead atoms. The summed E-state index contributed by atoms with van der Waals surface area (Å²) in [5, 5.41) is 33.3. The molecule has 6 amide bonds. The van der Waals surface area contributed by atoms with Gasteiger partial charge in [-0.15, -0.1) is 0 Å². The Labute approximate surface area is 411 Å². The van der Waals surface area contributed by atoms with Crippen LogP contribution in [0.4, 0.5) is 0 Å². The van der Waals surface area contributed by atoms with E-state index < -0.39 is 151 Å². The van der Waals surface area contributed by atoms with Crippen LogP contribution >= 0.6 is 0 Å². The Hall–Kier alpha value is -7.68. The molecule has 0 radical (unpaired) electrons. The molecule has 0 aromatic heterocycles. The SMILES string of the molecule is C[C@H](NC(=O)CNC(=O)[C@@H](N)CC(=O)NC(c1ccccc1)(c1ccccc1)c1ccccc1)C(=O)N[C@@H](CCC(=O)OC(C)(C)C)C(=O)N[C@@H](CC(=O)OC(C)(C)C)C(=O)N[C@@H](CCC(=O)O)C(=O)O. The number of nitrogens with two attached hydrogens (primary N) is 1. The van der Waals surface area contributed by atoms with Gasteiger partial charge in [0.15, 0.2) is 0 Å². The van der Waals surface area contributed by atoms with Crippen molar-refractivity contribution in [1.82, 2.24) is 31.9 Å². The summed E-state index contributed by atoms with van der Waals surface area (Å²) in [5.74, 6) is -10.3. The van der Waals surface area contributed by atoms with E-state index in [9.17, 15) is 53.1 Å². The fraction of sp³-hybridized carbons (Fsp3) is 0.440. The van der Waals surface area contributed by atoms with Gasteiger partial charge in [0.25, 0.3) is 0 Å². The lowest BCUT2D eigenvalue weighted by Gasteiger charge is -2.37. The van der Waals surface area contributed by atoms with Gasteiger partial charge < -0.3 is 57.3 Å². The molecule has 5 atom stereocenters. The van der Waals surface area contributed by atoms with E-state index in [0.29, 0.717) is 0 Å². The number of carboxylic acids is 2. The summed E-state index contributed by atoms with van der Waals surface area (Å²) in [4.78, 5) is 129. The number of carboxylic acid groups (broad SMARTS) is 2. The largest absolute Gasteiger partial charge is 0.481 e. The topological polar surface area (TPSA) is 328 Å². The van der Waals surface area contributed by atoms with Crippen molar-refractivity contribution in [2.45, 2.75) is 134 Å². The molecule has 21 nitrogen and oxygen atoms in total. The second-order valence-electron chi connectivity index (χ2n) is 18.6. The van der Waals surface area contributed by atoms with Crippen LogP contribution in [0.2, 0.25) is 0 Å². The highest BCUT2D eigenvalue weighted by molar-refractivity contribution is 5.97. The highest BCUT2D eigenvalue weighted by atomic mass is 16.6. The van der Waals surface area contributed by atoms with E-state index in [4.69, 9.17) is 20.3 Å². The number of nitrogens with one attached hydrogen (secondary N) is 6.